The molecule has 13 heteroatoms. The van der Waals surface area contributed by atoms with Crippen molar-refractivity contribution in [3.63, 3.8) is 0 Å². The Bertz CT molecular complexity index is 1330. The molecule has 7 N–H and O–H groups in total. The third kappa shape index (κ3) is 4.12. The van der Waals surface area contributed by atoms with Crippen LogP contribution in [0.5, 0.6) is 34.5 Å². The van der Waals surface area contributed by atoms with E-state index in [2.05, 4.69) is 0 Å². The van der Waals surface area contributed by atoms with E-state index in [9.17, 15) is 40.5 Å². The Morgan fingerprint density at radius 1 is 0.917 bits per heavy atom. The van der Waals surface area contributed by atoms with Gasteiger partial charge in [0.15, 0.2) is 28.8 Å². The minimum Gasteiger partial charge on any atom is -0.504 e. The lowest BCUT2D eigenvalue weighted by molar-refractivity contribution is -0.277. The summed E-state index contributed by atoms with van der Waals surface area (Å²) >= 11 is 0. The number of aliphatic hydroxyl groups excluding tert-OH is 4. The Kier molecular flexibility index (Phi) is 6.84. The number of phenols is 3. The third-order valence-corrected chi connectivity index (χ3v) is 5.78. The summed E-state index contributed by atoms with van der Waals surface area (Å²) in [6, 6.07) is 4.91. The topological polar surface area (TPSA) is 209 Å². The maximum atomic E-state index is 13.3. The Hall–Kier alpha value is -3.75. The van der Waals surface area contributed by atoms with Crippen LogP contribution in [0, 0.1) is 0 Å². The molecule has 0 unspecified atom stereocenters. The van der Waals surface area contributed by atoms with Crippen molar-refractivity contribution in [2.45, 2.75) is 30.7 Å². The minimum absolute atomic E-state index is 0.116. The molecule has 0 aliphatic carbocycles. The number of hydrogen-bond donors (Lipinski definition) is 7. The van der Waals surface area contributed by atoms with Gasteiger partial charge in [-0.1, -0.05) is 0 Å². The molecule has 1 aliphatic rings. The molecular weight excluding hydrogens is 484 g/mol. The predicted molar refractivity (Wildman–Crippen MR) is 120 cm³/mol. The highest BCUT2D eigenvalue weighted by molar-refractivity contribution is 5.91. The van der Waals surface area contributed by atoms with E-state index >= 15 is 0 Å². The second-order valence-corrected chi connectivity index (χ2v) is 7.94. The number of rotatable bonds is 6. The molecule has 36 heavy (non-hydrogen) atoms. The van der Waals surface area contributed by atoms with Gasteiger partial charge in [0.05, 0.1) is 20.8 Å². The lowest BCUT2D eigenvalue weighted by atomic mass is 9.99. The van der Waals surface area contributed by atoms with Crippen molar-refractivity contribution in [2.24, 2.45) is 0 Å². The maximum absolute atomic E-state index is 13.3. The van der Waals surface area contributed by atoms with Gasteiger partial charge in [-0.25, -0.2) is 0 Å². The van der Waals surface area contributed by atoms with Crippen molar-refractivity contribution in [1.29, 1.82) is 0 Å². The van der Waals surface area contributed by atoms with Crippen molar-refractivity contribution >= 4 is 11.0 Å². The predicted octanol–water partition coefficient (Wildman–Crippen LogP) is -0.227. The second-order valence-electron chi connectivity index (χ2n) is 7.94. The molecule has 13 nitrogen and oxygen atoms in total. The largest absolute Gasteiger partial charge is 0.504 e. The molecule has 1 aromatic heterocycles. The van der Waals surface area contributed by atoms with Crippen LogP contribution in [0.1, 0.15) is 0 Å². The van der Waals surface area contributed by atoms with Gasteiger partial charge in [-0.2, -0.15) is 0 Å². The molecule has 2 aromatic carbocycles. The summed E-state index contributed by atoms with van der Waals surface area (Å²) in [4.78, 5) is 13.3. The van der Waals surface area contributed by atoms with Gasteiger partial charge >= 0.3 is 0 Å². The molecule has 0 amide bonds. The molecular formula is C23H24O13. The van der Waals surface area contributed by atoms with Crippen LogP contribution in [-0.2, 0) is 4.74 Å². The molecule has 0 radical (unpaired) electrons. The van der Waals surface area contributed by atoms with Crippen LogP contribution in [-0.4, -0.2) is 87.3 Å². The molecule has 1 aliphatic heterocycles. The Balaban J connectivity index is 1.86. The zero-order chi connectivity index (χ0) is 26.3. The SMILES string of the molecule is COc1cc2oc(-c3ccc(O)c(O)c3)c(OC)c(=O)c2c(O)c1O[C@@H]1O[C@H](CO)[C@H](O)[C@H](O)[C@H]1O. The molecule has 194 valence electrons. The lowest BCUT2D eigenvalue weighted by Gasteiger charge is -2.39. The summed E-state index contributed by atoms with van der Waals surface area (Å²) in [5, 5.41) is 69.7. The van der Waals surface area contributed by atoms with Crippen LogP contribution in [0.15, 0.2) is 33.5 Å². The Morgan fingerprint density at radius 3 is 2.25 bits per heavy atom. The van der Waals surface area contributed by atoms with Gasteiger partial charge in [-0.3, -0.25) is 4.79 Å². The third-order valence-electron chi connectivity index (χ3n) is 5.78. The highest BCUT2D eigenvalue weighted by Gasteiger charge is 2.45. The van der Waals surface area contributed by atoms with Crippen LogP contribution < -0.4 is 19.6 Å². The Labute approximate surface area is 202 Å². The zero-order valence-electron chi connectivity index (χ0n) is 19.0. The van der Waals surface area contributed by atoms with Crippen LogP contribution in [0.2, 0.25) is 0 Å². The molecule has 0 spiro atoms. The summed E-state index contributed by atoms with van der Waals surface area (Å²) in [6.45, 7) is -0.706. The van der Waals surface area contributed by atoms with Gasteiger partial charge in [-0.05, 0) is 18.2 Å². The smallest absolute Gasteiger partial charge is 0.239 e. The maximum Gasteiger partial charge on any atom is 0.239 e. The monoisotopic (exact) mass is 508 g/mol. The van der Waals surface area contributed by atoms with Crippen LogP contribution in [0.4, 0.5) is 0 Å². The standard InChI is InChI=1S/C23H24O13/c1-32-12-6-11-14(16(28)21(12)36-23-19(31)18(30)15(27)13(7-24)35-23)17(29)22(33-2)20(34-11)8-3-4-9(25)10(26)5-8/h3-6,13,15,18-19,23-28,30-31H,7H2,1-2H3/t13-,15+,18+,19-,23+/m1/s1. The summed E-state index contributed by atoms with van der Waals surface area (Å²) < 4.78 is 27.1. The number of methoxy groups -OCH3 is 2. The fourth-order valence-electron chi connectivity index (χ4n) is 3.86. The fourth-order valence-corrected chi connectivity index (χ4v) is 3.86. The molecule has 1 fully saturated rings. The van der Waals surface area contributed by atoms with Gasteiger partial charge in [0, 0.05) is 11.6 Å². The van der Waals surface area contributed by atoms with Gasteiger partial charge in [-0.15, -0.1) is 0 Å². The summed E-state index contributed by atoms with van der Waals surface area (Å²) in [7, 11) is 2.41. The number of aliphatic hydroxyl groups is 4. The van der Waals surface area contributed by atoms with E-state index in [1.807, 2.05) is 0 Å². The molecule has 5 atom stereocenters. The average Bonchev–Trinajstić information content (AvgIpc) is 2.86. The van der Waals surface area contributed by atoms with Crippen LogP contribution in [0.25, 0.3) is 22.3 Å². The van der Waals surface area contributed by atoms with E-state index in [0.29, 0.717) is 0 Å². The first-order valence-corrected chi connectivity index (χ1v) is 10.6. The van der Waals surface area contributed by atoms with E-state index in [0.717, 1.165) is 6.07 Å². The van der Waals surface area contributed by atoms with Crippen LogP contribution >= 0.6 is 0 Å². The number of benzene rings is 2. The summed E-state index contributed by atoms with van der Waals surface area (Å²) in [5.74, 6) is -2.71. The van der Waals surface area contributed by atoms with Gasteiger partial charge in [0.1, 0.15) is 35.4 Å². The number of hydrogen-bond acceptors (Lipinski definition) is 13. The van der Waals surface area contributed by atoms with Crippen molar-refractivity contribution in [1.82, 2.24) is 0 Å². The highest BCUT2D eigenvalue weighted by Crippen LogP contribution is 2.45. The van der Waals surface area contributed by atoms with Crippen molar-refractivity contribution < 1.29 is 59.1 Å². The van der Waals surface area contributed by atoms with E-state index in [-0.39, 0.29) is 33.8 Å². The van der Waals surface area contributed by atoms with E-state index in [1.54, 1.807) is 0 Å². The number of fused-ring (bicyclic) bond motifs is 1. The number of aromatic hydroxyl groups is 3. The lowest BCUT2D eigenvalue weighted by Crippen LogP contribution is -2.60. The van der Waals surface area contributed by atoms with Gasteiger partial charge in [0.2, 0.25) is 23.2 Å². The van der Waals surface area contributed by atoms with Crippen molar-refractivity contribution in [3.8, 4) is 45.8 Å². The fraction of sp³-hybridized carbons (Fsp3) is 0.348. The molecule has 0 saturated carbocycles. The highest BCUT2D eigenvalue weighted by atomic mass is 16.7. The zero-order valence-corrected chi connectivity index (χ0v) is 19.0. The average molecular weight is 508 g/mol. The second kappa shape index (κ2) is 9.72. The first kappa shape index (κ1) is 25.3. The normalized spacial score (nSPS) is 24.0. The van der Waals surface area contributed by atoms with Crippen molar-refractivity contribution in [2.75, 3.05) is 20.8 Å². The quantitative estimate of drug-likeness (QED) is 0.215. The van der Waals surface area contributed by atoms with E-state index in [4.69, 9.17) is 23.4 Å². The van der Waals surface area contributed by atoms with Crippen LogP contribution in [0.3, 0.4) is 0 Å². The first-order chi connectivity index (χ1) is 17.1. The summed E-state index contributed by atoms with van der Waals surface area (Å²) in [5.41, 5.74) is -0.819. The molecule has 0 bridgehead atoms. The van der Waals surface area contributed by atoms with Gasteiger partial charge < -0.3 is 59.1 Å². The van der Waals surface area contributed by atoms with E-state index in [1.165, 1.54) is 32.4 Å². The number of phenolic OH excluding ortho intramolecular Hbond substituents is 3. The molecule has 3 aromatic rings. The minimum atomic E-state index is -1.79. The number of ether oxygens (including phenoxy) is 4. The first-order valence-electron chi connectivity index (χ1n) is 10.6. The van der Waals surface area contributed by atoms with E-state index < -0.39 is 65.7 Å². The van der Waals surface area contributed by atoms with Gasteiger partial charge in [0.25, 0.3) is 0 Å². The molecule has 1 saturated heterocycles. The molecule has 2 heterocycles. The Morgan fingerprint density at radius 2 is 1.64 bits per heavy atom. The molecule has 4 rings (SSSR count). The summed E-state index contributed by atoms with van der Waals surface area (Å²) in [6.07, 6.45) is -8.13. The van der Waals surface area contributed by atoms with Crippen molar-refractivity contribution in [3.05, 3.63) is 34.5 Å².